The Labute approximate surface area is 125 Å². The van der Waals surface area contributed by atoms with E-state index in [0.29, 0.717) is 18.0 Å². The summed E-state index contributed by atoms with van der Waals surface area (Å²) in [6.45, 7) is 4.64. The quantitative estimate of drug-likeness (QED) is 0.677. The van der Waals surface area contributed by atoms with Crippen LogP contribution in [-0.4, -0.2) is 6.04 Å². The summed E-state index contributed by atoms with van der Waals surface area (Å²) in [4.78, 5) is 2.68. The molecule has 0 aromatic heterocycles. The van der Waals surface area contributed by atoms with Crippen LogP contribution in [0.1, 0.15) is 46.7 Å². The maximum absolute atomic E-state index is 2.68. The minimum atomic E-state index is 0.428. The maximum atomic E-state index is 2.68. The van der Waals surface area contributed by atoms with Crippen LogP contribution in [-0.2, 0) is 6.42 Å². The van der Waals surface area contributed by atoms with Crippen LogP contribution in [0.5, 0.6) is 0 Å². The molecule has 1 heteroatoms. The third-order valence-electron chi connectivity index (χ3n) is 5.55. The minimum absolute atomic E-state index is 0.428. The first-order valence-corrected chi connectivity index (χ1v) is 7.93. The molecule has 21 heavy (non-hydrogen) atoms. The largest absolute Gasteiger partial charge is 0.357 e. The van der Waals surface area contributed by atoms with Crippen molar-refractivity contribution in [3.05, 3.63) is 70.3 Å². The van der Waals surface area contributed by atoms with E-state index in [2.05, 4.69) is 67.3 Å². The van der Waals surface area contributed by atoms with Crippen molar-refractivity contribution in [3.63, 3.8) is 0 Å². The van der Waals surface area contributed by atoms with E-state index >= 15 is 0 Å². The Kier molecular flexibility index (Phi) is 2.10. The second-order valence-corrected chi connectivity index (χ2v) is 6.76. The van der Waals surface area contributed by atoms with Gasteiger partial charge in [-0.1, -0.05) is 55.0 Å². The molecular formula is C20H19N. The minimum Gasteiger partial charge on any atom is -0.357 e. The average molecular weight is 273 g/mol. The summed E-state index contributed by atoms with van der Waals surface area (Å²) in [5.41, 5.74) is 8.94. The van der Waals surface area contributed by atoms with Gasteiger partial charge in [0.25, 0.3) is 0 Å². The first kappa shape index (κ1) is 11.6. The molecule has 2 heterocycles. The van der Waals surface area contributed by atoms with Gasteiger partial charge in [0.05, 0.1) is 6.04 Å². The summed E-state index contributed by atoms with van der Waals surface area (Å²) in [7, 11) is 0. The van der Waals surface area contributed by atoms with Crippen molar-refractivity contribution in [1.82, 2.24) is 0 Å². The van der Waals surface area contributed by atoms with Crippen molar-refractivity contribution in [3.8, 4) is 0 Å². The van der Waals surface area contributed by atoms with Gasteiger partial charge in [0, 0.05) is 17.6 Å². The molecule has 3 unspecified atom stereocenters. The number of benzene rings is 2. The highest BCUT2D eigenvalue weighted by molar-refractivity contribution is 5.76. The average Bonchev–Trinajstić information content (AvgIpc) is 2.77. The lowest BCUT2D eigenvalue weighted by Crippen LogP contribution is -2.44. The molecule has 2 aromatic rings. The van der Waals surface area contributed by atoms with Crippen molar-refractivity contribution in [2.45, 2.75) is 38.3 Å². The number of nitrogens with zero attached hydrogens (tertiary/aromatic N) is 1. The smallest absolute Gasteiger partial charge is 0.0736 e. The van der Waals surface area contributed by atoms with Gasteiger partial charge < -0.3 is 4.90 Å². The van der Waals surface area contributed by atoms with E-state index in [1.807, 2.05) is 0 Å². The van der Waals surface area contributed by atoms with Gasteiger partial charge in [0.15, 0.2) is 0 Å². The lowest BCUT2D eigenvalue weighted by molar-refractivity contribution is 0.491. The Balaban J connectivity index is 1.80. The van der Waals surface area contributed by atoms with Crippen LogP contribution in [0.3, 0.4) is 0 Å². The molecule has 0 spiro atoms. The Morgan fingerprint density at radius 2 is 2.00 bits per heavy atom. The van der Waals surface area contributed by atoms with Crippen LogP contribution >= 0.6 is 0 Å². The molecule has 0 N–H and O–H groups in total. The van der Waals surface area contributed by atoms with Gasteiger partial charge in [-0.2, -0.15) is 0 Å². The summed E-state index contributed by atoms with van der Waals surface area (Å²) in [6, 6.07) is 14.7. The monoisotopic (exact) mass is 273 g/mol. The highest BCUT2D eigenvalue weighted by atomic mass is 15.2. The fraction of sp³-hybridized carbons (Fsp3) is 0.300. The lowest BCUT2D eigenvalue weighted by Gasteiger charge is -2.45. The van der Waals surface area contributed by atoms with E-state index in [0.717, 1.165) is 0 Å². The molecule has 1 nitrogen and oxygen atoms in total. The molecule has 1 aliphatic carbocycles. The van der Waals surface area contributed by atoms with E-state index in [1.54, 1.807) is 11.1 Å². The molecule has 0 radical (unpaired) electrons. The summed E-state index contributed by atoms with van der Waals surface area (Å²) < 4.78 is 0. The predicted octanol–water partition coefficient (Wildman–Crippen LogP) is 4.61. The Hall–Kier alpha value is -2.02. The molecule has 0 fully saturated rings. The van der Waals surface area contributed by atoms with E-state index in [4.69, 9.17) is 0 Å². The first-order valence-electron chi connectivity index (χ1n) is 7.93. The number of rotatable bonds is 0. The van der Waals surface area contributed by atoms with Gasteiger partial charge >= 0.3 is 0 Å². The molecule has 0 amide bonds. The van der Waals surface area contributed by atoms with Gasteiger partial charge in [0.2, 0.25) is 0 Å². The van der Waals surface area contributed by atoms with Gasteiger partial charge in [-0.05, 0) is 41.7 Å². The molecule has 3 aliphatic rings. The number of hydrogen-bond acceptors (Lipinski definition) is 1. The second-order valence-electron chi connectivity index (χ2n) is 6.76. The van der Waals surface area contributed by atoms with Gasteiger partial charge in [-0.3, -0.25) is 0 Å². The topological polar surface area (TPSA) is 3.24 Å². The standard InChI is InChI=1S/C20H19N/c1-12-9-15-11-19-13(2)20(15)16(10-12)18-8-7-14-5-3-4-6-17(14)21(18)19/h3-10,13,18-19H,11H2,1-2H3. The zero-order valence-corrected chi connectivity index (χ0v) is 12.5. The second kappa shape index (κ2) is 3.79. The predicted molar refractivity (Wildman–Crippen MR) is 87.8 cm³/mol. The lowest BCUT2D eigenvalue weighted by atomic mass is 9.82. The maximum Gasteiger partial charge on any atom is 0.0736 e. The number of aryl methyl sites for hydroxylation is 1. The van der Waals surface area contributed by atoms with E-state index in [-0.39, 0.29) is 0 Å². The van der Waals surface area contributed by atoms with Gasteiger partial charge in [0.1, 0.15) is 0 Å². The number of anilines is 1. The third kappa shape index (κ3) is 1.37. The fourth-order valence-electron chi connectivity index (χ4n) is 4.74. The van der Waals surface area contributed by atoms with Crippen LogP contribution in [0.2, 0.25) is 0 Å². The highest BCUT2D eigenvalue weighted by Crippen LogP contribution is 2.52. The molecule has 0 saturated heterocycles. The molecule has 2 aliphatic heterocycles. The molecule has 2 aromatic carbocycles. The summed E-state index contributed by atoms with van der Waals surface area (Å²) >= 11 is 0. The van der Waals surface area contributed by atoms with Crippen molar-refractivity contribution in [2.24, 2.45) is 0 Å². The molecule has 5 rings (SSSR count). The SMILES string of the molecule is Cc1cc2c3c(c1)C1C=Cc4ccccc4N1C(C2)C3C. The number of hydrogen-bond donors (Lipinski definition) is 0. The summed E-state index contributed by atoms with van der Waals surface area (Å²) in [6.07, 6.45) is 5.90. The van der Waals surface area contributed by atoms with E-state index < -0.39 is 0 Å². The molecule has 0 saturated carbocycles. The number of para-hydroxylation sites is 1. The molecule has 104 valence electrons. The van der Waals surface area contributed by atoms with Crippen molar-refractivity contribution in [1.29, 1.82) is 0 Å². The van der Waals surface area contributed by atoms with Gasteiger partial charge in [-0.25, -0.2) is 0 Å². The van der Waals surface area contributed by atoms with Crippen LogP contribution < -0.4 is 4.90 Å². The van der Waals surface area contributed by atoms with Gasteiger partial charge in [-0.15, -0.1) is 0 Å². The molecular weight excluding hydrogens is 254 g/mol. The first-order chi connectivity index (χ1) is 10.2. The fourth-order valence-corrected chi connectivity index (χ4v) is 4.74. The van der Waals surface area contributed by atoms with Crippen LogP contribution in [0, 0.1) is 6.92 Å². The van der Waals surface area contributed by atoms with Crippen molar-refractivity contribution >= 4 is 11.8 Å². The Bertz CT molecular complexity index is 786. The van der Waals surface area contributed by atoms with Crippen molar-refractivity contribution in [2.75, 3.05) is 4.90 Å². The molecule has 3 atom stereocenters. The third-order valence-corrected chi connectivity index (χ3v) is 5.55. The summed E-state index contributed by atoms with van der Waals surface area (Å²) in [5.74, 6) is 0.645. The highest BCUT2D eigenvalue weighted by Gasteiger charge is 2.45. The van der Waals surface area contributed by atoms with Crippen LogP contribution in [0.15, 0.2) is 42.5 Å². The van der Waals surface area contributed by atoms with Crippen molar-refractivity contribution < 1.29 is 0 Å². The zero-order valence-electron chi connectivity index (χ0n) is 12.5. The van der Waals surface area contributed by atoms with Crippen LogP contribution in [0.4, 0.5) is 5.69 Å². The molecule has 2 bridgehead atoms. The number of fused-ring (bicyclic) bond motifs is 6. The van der Waals surface area contributed by atoms with E-state index in [9.17, 15) is 0 Å². The van der Waals surface area contributed by atoms with Crippen LogP contribution in [0.25, 0.3) is 6.08 Å². The Morgan fingerprint density at radius 1 is 1.14 bits per heavy atom. The zero-order chi connectivity index (χ0) is 14.1. The van der Waals surface area contributed by atoms with E-state index in [1.165, 1.54) is 28.8 Å². The summed E-state index contributed by atoms with van der Waals surface area (Å²) in [5, 5.41) is 0. The normalized spacial score (nSPS) is 27.5. The Morgan fingerprint density at radius 3 is 2.90 bits per heavy atom.